The van der Waals surface area contributed by atoms with E-state index in [-0.39, 0.29) is 18.8 Å². The molecule has 0 aliphatic carbocycles. The average molecular weight is 384 g/mol. The van der Waals surface area contributed by atoms with Crippen molar-refractivity contribution in [2.75, 3.05) is 6.61 Å². The van der Waals surface area contributed by atoms with Gasteiger partial charge in [-0.3, -0.25) is 0 Å². The van der Waals surface area contributed by atoms with Crippen molar-refractivity contribution in [1.82, 2.24) is 0 Å². The van der Waals surface area contributed by atoms with Gasteiger partial charge in [-0.2, -0.15) is 0 Å². The van der Waals surface area contributed by atoms with Gasteiger partial charge in [0.15, 0.2) is 17.9 Å². The van der Waals surface area contributed by atoms with Gasteiger partial charge in [-0.05, 0) is 32.6 Å². The maximum atomic E-state index is 11.8. The normalized spacial score (nSPS) is 36.1. The number of hydrogen-bond donors (Lipinski definition) is 0. The van der Waals surface area contributed by atoms with Gasteiger partial charge in [0.05, 0.1) is 0 Å². The Morgan fingerprint density at radius 1 is 0.889 bits per heavy atom. The molecular formula is C20H32O7. The maximum Gasteiger partial charge on any atom is 0.333 e. The zero-order chi connectivity index (χ0) is 19.8. The number of rotatable bonds is 7. The molecule has 0 aromatic carbocycles. The summed E-state index contributed by atoms with van der Waals surface area (Å²) in [6, 6.07) is 0. The fourth-order valence-electron chi connectivity index (χ4n) is 3.97. The van der Waals surface area contributed by atoms with E-state index >= 15 is 0 Å². The number of carbonyl (C=O) groups excluding carboxylic acids is 1. The van der Waals surface area contributed by atoms with Crippen molar-refractivity contribution >= 4 is 5.97 Å². The molecular weight excluding hydrogens is 352 g/mol. The number of ether oxygens (including phenoxy) is 6. The lowest BCUT2D eigenvalue weighted by molar-refractivity contribution is -0.250. The van der Waals surface area contributed by atoms with Gasteiger partial charge in [-0.1, -0.05) is 34.3 Å². The first kappa shape index (κ1) is 20.7. The molecule has 27 heavy (non-hydrogen) atoms. The molecule has 3 heterocycles. The van der Waals surface area contributed by atoms with Crippen molar-refractivity contribution < 1.29 is 33.2 Å². The Labute approximate surface area is 161 Å². The lowest BCUT2D eigenvalue weighted by Crippen LogP contribution is -2.56. The van der Waals surface area contributed by atoms with Crippen LogP contribution in [0.15, 0.2) is 12.2 Å². The summed E-state index contributed by atoms with van der Waals surface area (Å²) in [4.78, 5) is 11.8. The fraction of sp³-hybridized carbons (Fsp3) is 0.850. The highest BCUT2D eigenvalue weighted by Crippen LogP contribution is 2.47. The molecule has 0 spiro atoms. The quantitative estimate of drug-likeness (QED) is 0.493. The van der Waals surface area contributed by atoms with Crippen molar-refractivity contribution in [2.24, 2.45) is 0 Å². The molecule has 0 unspecified atom stereocenters. The Morgan fingerprint density at radius 3 is 1.96 bits per heavy atom. The highest BCUT2D eigenvalue weighted by atomic mass is 16.9. The van der Waals surface area contributed by atoms with E-state index in [2.05, 4.69) is 6.58 Å². The molecule has 5 atom stereocenters. The number of carbonyl (C=O) groups is 1. The van der Waals surface area contributed by atoms with Crippen LogP contribution in [0.2, 0.25) is 0 Å². The SMILES string of the molecule is C=C(C)C(=O)OC[C@H]1O[C@H]2OC(CC)(CC)O[C@H]2[C@H]2OC(CC)(CC)O[C@@H]21. The first-order valence-electron chi connectivity index (χ1n) is 10.0. The van der Waals surface area contributed by atoms with E-state index in [1.807, 2.05) is 27.7 Å². The van der Waals surface area contributed by atoms with Gasteiger partial charge in [-0.25, -0.2) is 4.79 Å². The second-order valence-electron chi connectivity index (χ2n) is 7.52. The summed E-state index contributed by atoms with van der Waals surface area (Å²) in [5, 5.41) is 0. The molecule has 0 aromatic heterocycles. The van der Waals surface area contributed by atoms with E-state index < -0.39 is 36.0 Å². The molecule has 7 heteroatoms. The second kappa shape index (κ2) is 7.79. The third kappa shape index (κ3) is 3.68. The molecule has 154 valence electrons. The van der Waals surface area contributed by atoms with Crippen molar-refractivity contribution in [3.63, 3.8) is 0 Å². The molecule has 0 aromatic rings. The molecule has 3 aliphatic rings. The summed E-state index contributed by atoms with van der Waals surface area (Å²) in [6.07, 6.45) is 0.664. The minimum absolute atomic E-state index is 0.0531. The third-order valence-electron chi connectivity index (χ3n) is 5.86. The van der Waals surface area contributed by atoms with E-state index in [0.717, 1.165) is 0 Å². The Morgan fingerprint density at radius 2 is 1.41 bits per heavy atom. The summed E-state index contributed by atoms with van der Waals surface area (Å²) in [7, 11) is 0. The Bertz CT molecular complexity index is 567. The van der Waals surface area contributed by atoms with Gasteiger partial charge in [-0.15, -0.1) is 0 Å². The first-order chi connectivity index (χ1) is 12.8. The summed E-state index contributed by atoms with van der Waals surface area (Å²) < 4.78 is 36.6. The molecule has 0 amide bonds. The molecule has 0 radical (unpaired) electrons. The van der Waals surface area contributed by atoms with Gasteiger partial charge >= 0.3 is 5.97 Å². The lowest BCUT2D eigenvalue weighted by Gasteiger charge is -2.36. The fourth-order valence-corrected chi connectivity index (χ4v) is 3.97. The van der Waals surface area contributed by atoms with E-state index in [0.29, 0.717) is 31.3 Å². The molecule has 7 nitrogen and oxygen atoms in total. The maximum absolute atomic E-state index is 11.8. The minimum Gasteiger partial charge on any atom is -0.459 e. The number of hydrogen-bond acceptors (Lipinski definition) is 7. The molecule has 3 saturated heterocycles. The van der Waals surface area contributed by atoms with Gasteiger partial charge in [0, 0.05) is 5.57 Å². The molecule has 0 bridgehead atoms. The van der Waals surface area contributed by atoms with Crippen molar-refractivity contribution in [3.8, 4) is 0 Å². The topological polar surface area (TPSA) is 72.5 Å². The van der Waals surface area contributed by atoms with Crippen LogP contribution in [0.4, 0.5) is 0 Å². The van der Waals surface area contributed by atoms with Crippen LogP contribution >= 0.6 is 0 Å². The zero-order valence-corrected chi connectivity index (χ0v) is 17.0. The molecule has 3 aliphatic heterocycles. The van der Waals surface area contributed by atoms with E-state index in [4.69, 9.17) is 28.4 Å². The van der Waals surface area contributed by atoms with Gasteiger partial charge in [0.2, 0.25) is 0 Å². The highest BCUT2D eigenvalue weighted by Gasteiger charge is 2.62. The molecule has 3 rings (SSSR count). The van der Waals surface area contributed by atoms with Gasteiger partial charge in [0.1, 0.15) is 31.0 Å². The Hall–Kier alpha value is -0.990. The Kier molecular flexibility index (Phi) is 5.99. The van der Waals surface area contributed by atoms with E-state index in [9.17, 15) is 4.79 Å². The van der Waals surface area contributed by atoms with Crippen LogP contribution in [-0.2, 0) is 33.2 Å². The summed E-state index contributed by atoms with van der Waals surface area (Å²) in [5.74, 6) is -1.82. The smallest absolute Gasteiger partial charge is 0.333 e. The van der Waals surface area contributed by atoms with Crippen LogP contribution in [0.1, 0.15) is 60.3 Å². The largest absolute Gasteiger partial charge is 0.459 e. The molecule has 0 saturated carbocycles. The number of esters is 1. The van der Waals surface area contributed by atoms with E-state index in [1.165, 1.54) is 0 Å². The number of fused-ring (bicyclic) bond motifs is 3. The van der Waals surface area contributed by atoms with Crippen LogP contribution in [0.3, 0.4) is 0 Å². The Balaban J connectivity index is 1.82. The second-order valence-corrected chi connectivity index (χ2v) is 7.52. The molecule has 3 fully saturated rings. The zero-order valence-electron chi connectivity index (χ0n) is 17.0. The van der Waals surface area contributed by atoms with Gasteiger partial charge in [0.25, 0.3) is 0 Å². The van der Waals surface area contributed by atoms with Crippen LogP contribution in [0.25, 0.3) is 0 Å². The summed E-state index contributed by atoms with van der Waals surface area (Å²) in [6.45, 7) is 13.4. The van der Waals surface area contributed by atoms with Crippen molar-refractivity contribution in [2.45, 2.75) is 103 Å². The lowest BCUT2D eigenvalue weighted by atomic mass is 9.99. The predicted molar refractivity (Wildman–Crippen MR) is 96.8 cm³/mol. The first-order valence-corrected chi connectivity index (χ1v) is 10.0. The van der Waals surface area contributed by atoms with Crippen molar-refractivity contribution in [3.05, 3.63) is 12.2 Å². The summed E-state index contributed by atoms with van der Waals surface area (Å²) >= 11 is 0. The average Bonchev–Trinajstić information content (AvgIpc) is 3.25. The van der Waals surface area contributed by atoms with Crippen molar-refractivity contribution in [1.29, 1.82) is 0 Å². The highest BCUT2D eigenvalue weighted by molar-refractivity contribution is 5.86. The van der Waals surface area contributed by atoms with Crippen LogP contribution < -0.4 is 0 Å². The van der Waals surface area contributed by atoms with E-state index in [1.54, 1.807) is 6.92 Å². The predicted octanol–water partition coefficient (Wildman–Crippen LogP) is 3.06. The monoisotopic (exact) mass is 384 g/mol. The van der Waals surface area contributed by atoms with Crippen LogP contribution in [-0.4, -0.2) is 54.9 Å². The van der Waals surface area contributed by atoms with Crippen LogP contribution in [0, 0.1) is 0 Å². The van der Waals surface area contributed by atoms with Gasteiger partial charge < -0.3 is 28.4 Å². The standard InChI is InChI=1S/C20H32O7/c1-7-19(8-2)24-14-13(11-22-17(21)12(5)6)23-18-16(15(14)25-19)26-20(9-3,10-4)27-18/h13-16,18H,5,7-11H2,1-4,6H3/t13-,14-,15+,16+,18+/m1/s1. The summed E-state index contributed by atoms with van der Waals surface area (Å²) in [5.41, 5.74) is 0.344. The minimum atomic E-state index is -0.684. The molecule has 0 N–H and O–H groups in total. The third-order valence-corrected chi connectivity index (χ3v) is 5.86. The van der Waals surface area contributed by atoms with Crippen LogP contribution in [0.5, 0.6) is 0 Å².